The highest BCUT2D eigenvalue weighted by atomic mass is 15.4. The van der Waals surface area contributed by atoms with Gasteiger partial charge in [0.2, 0.25) is 5.95 Å². The molecule has 0 bridgehead atoms. The van der Waals surface area contributed by atoms with Crippen molar-refractivity contribution in [2.75, 3.05) is 11.6 Å². The molecule has 1 unspecified atom stereocenters. The summed E-state index contributed by atoms with van der Waals surface area (Å²) in [5, 5.41) is 7.54. The zero-order valence-electron chi connectivity index (χ0n) is 9.45. The summed E-state index contributed by atoms with van der Waals surface area (Å²) in [6.45, 7) is 0. The number of nitrogens with two attached hydrogens (primary N) is 3. The fourth-order valence-corrected chi connectivity index (χ4v) is 1.66. The molecule has 2 rings (SSSR count). The van der Waals surface area contributed by atoms with Crippen molar-refractivity contribution in [1.29, 1.82) is 0 Å². The number of aromatic nitrogens is 3. The van der Waals surface area contributed by atoms with Crippen LogP contribution in [0.4, 0.5) is 5.95 Å². The van der Waals surface area contributed by atoms with Gasteiger partial charge in [-0.1, -0.05) is 30.3 Å². The van der Waals surface area contributed by atoms with Crippen LogP contribution >= 0.6 is 0 Å². The minimum Gasteiger partial charge on any atom is -0.366 e. The molecule has 6 nitrogen and oxygen atoms in total. The normalized spacial score (nSPS) is 12.5. The van der Waals surface area contributed by atoms with E-state index in [-0.39, 0.29) is 12.0 Å². The van der Waals surface area contributed by atoms with Crippen molar-refractivity contribution in [3.05, 3.63) is 41.7 Å². The average Bonchev–Trinajstić information content (AvgIpc) is 2.69. The molecule has 0 amide bonds. The standard InChI is InChI=1S/C11H16N6/c12-9(10-15-16-11(13)17(10)14)7-6-8-4-2-1-3-5-8/h1-5,9H,6-7,12,14H2,(H2,13,16). The Hall–Kier alpha value is -2.08. The average molecular weight is 232 g/mol. The number of nitrogen functional groups attached to an aromatic ring is 2. The Bertz CT molecular complexity index is 478. The number of nitrogens with zero attached hydrogens (tertiary/aromatic N) is 3. The third-order valence-electron chi connectivity index (χ3n) is 2.67. The lowest BCUT2D eigenvalue weighted by Gasteiger charge is -2.10. The van der Waals surface area contributed by atoms with Crippen molar-refractivity contribution >= 4 is 5.95 Å². The van der Waals surface area contributed by atoms with Crippen LogP contribution in [-0.4, -0.2) is 14.9 Å². The summed E-state index contributed by atoms with van der Waals surface area (Å²) >= 11 is 0. The highest BCUT2D eigenvalue weighted by Crippen LogP contribution is 2.14. The molecule has 0 aliphatic heterocycles. The summed E-state index contributed by atoms with van der Waals surface area (Å²) in [4.78, 5) is 0. The maximum atomic E-state index is 6.00. The second-order valence-corrected chi connectivity index (χ2v) is 3.92. The Balaban J connectivity index is 1.98. The van der Waals surface area contributed by atoms with Crippen LogP contribution in [0.15, 0.2) is 30.3 Å². The van der Waals surface area contributed by atoms with Crippen LogP contribution in [0.25, 0.3) is 0 Å². The molecule has 1 aromatic carbocycles. The summed E-state index contributed by atoms with van der Waals surface area (Å²) in [6.07, 6.45) is 1.62. The van der Waals surface area contributed by atoms with Gasteiger partial charge in [-0.25, -0.2) is 4.68 Å². The molecule has 2 aromatic rings. The van der Waals surface area contributed by atoms with E-state index < -0.39 is 0 Å². The van der Waals surface area contributed by atoms with Gasteiger partial charge in [-0.15, -0.1) is 10.2 Å². The van der Waals surface area contributed by atoms with Gasteiger partial charge in [-0.05, 0) is 18.4 Å². The monoisotopic (exact) mass is 232 g/mol. The Kier molecular flexibility index (Phi) is 3.24. The molecule has 0 radical (unpaired) electrons. The second kappa shape index (κ2) is 4.84. The van der Waals surface area contributed by atoms with Crippen LogP contribution in [0.5, 0.6) is 0 Å². The number of aryl methyl sites for hydroxylation is 1. The lowest BCUT2D eigenvalue weighted by atomic mass is 10.1. The summed E-state index contributed by atoms with van der Waals surface area (Å²) < 4.78 is 1.23. The molecule has 6 N–H and O–H groups in total. The predicted octanol–water partition coefficient (Wildman–Crippen LogP) is 0.207. The molecule has 0 aliphatic rings. The number of hydrogen-bond acceptors (Lipinski definition) is 5. The molecule has 1 heterocycles. The van der Waals surface area contributed by atoms with E-state index in [9.17, 15) is 0 Å². The molecule has 0 spiro atoms. The van der Waals surface area contributed by atoms with E-state index in [2.05, 4.69) is 22.3 Å². The molecule has 17 heavy (non-hydrogen) atoms. The first kappa shape index (κ1) is 11.4. The van der Waals surface area contributed by atoms with E-state index in [0.717, 1.165) is 12.8 Å². The number of anilines is 1. The fourth-order valence-electron chi connectivity index (χ4n) is 1.66. The van der Waals surface area contributed by atoms with E-state index >= 15 is 0 Å². The van der Waals surface area contributed by atoms with Crippen LogP contribution in [0.3, 0.4) is 0 Å². The Morgan fingerprint density at radius 1 is 1.18 bits per heavy atom. The van der Waals surface area contributed by atoms with Crippen molar-refractivity contribution < 1.29 is 0 Å². The van der Waals surface area contributed by atoms with Gasteiger partial charge in [-0.3, -0.25) is 0 Å². The van der Waals surface area contributed by atoms with Gasteiger partial charge in [0, 0.05) is 0 Å². The minimum atomic E-state index is -0.259. The molecule has 1 aromatic heterocycles. The van der Waals surface area contributed by atoms with Crippen molar-refractivity contribution in [1.82, 2.24) is 14.9 Å². The van der Waals surface area contributed by atoms with E-state index in [1.165, 1.54) is 10.2 Å². The van der Waals surface area contributed by atoms with E-state index in [1.807, 2.05) is 18.2 Å². The van der Waals surface area contributed by atoms with Gasteiger partial charge in [0.1, 0.15) is 0 Å². The van der Waals surface area contributed by atoms with E-state index in [0.29, 0.717) is 5.82 Å². The van der Waals surface area contributed by atoms with Crippen molar-refractivity contribution in [3.8, 4) is 0 Å². The Morgan fingerprint density at radius 2 is 1.88 bits per heavy atom. The van der Waals surface area contributed by atoms with Gasteiger partial charge in [-0.2, -0.15) is 0 Å². The molecule has 6 heteroatoms. The first-order valence-corrected chi connectivity index (χ1v) is 5.44. The van der Waals surface area contributed by atoms with E-state index in [1.54, 1.807) is 0 Å². The van der Waals surface area contributed by atoms with Crippen LogP contribution in [0.2, 0.25) is 0 Å². The summed E-state index contributed by atoms with van der Waals surface area (Å²) in [5.41, 5.74) is 12.7. The lowest BCUT2D eigenvalue weighted by Crippen LogP contribution is -2.22. The van der Waals surface area contributed by atoms with Gasteiger partial charge in [0.05, 0.1) is 6.04 Å². The van der Waals surface area contributed by atoms with Gasteiger partial charge >= 0.3 is 0 Å². The van der Waals surface area contributed by atoms with Gasteiger partial charge < -0.3 is 17.3 Å². The molecular formula is C11H16N6. The maximum Gasteiger partial charge on any atom is 0.240 e. The topological polar surface area (TPSA) is 109 Å². The summed E-state index contributed by atoms with van der Waals surface area (Å²) in [5.74, 6) is 6.35. The molecule has 0 fully saturated rings. The highest BCUT2D eigenvalue weighted by molar-refractivity contribution is 5.19. The highest BCUT2D eigenvalue weighted by Gasteiger charge is 2.14. The van der Waals surface area contributed by atoms with E-state index in [4.69, 9.17) is 17.3 Å². The molecule has 1 atom stereocenters. The Morgan fingerprint density at radius 3 is 2.47 bits per heavy atom. The largest absolute Gasteiger partial charge is 0.366 e. The minimum absolute atomic E-state index is 0.176. The molecule has 90 valence electrons. The lowest BCUT2D eigenvalue weighted by molar-refractivity contribution is 0.595. The quantitative estimate of drug-likeness (QED) is 0.653. The molecule has 0 aliphatic carbocycles. The Labute approximate surface area is 99.4 Å². The SMILES string of the molecule is Nc1nnc(C(N)CCc2ccccc2)n1N. The second-order valence-electron chi connectivity index (χ2n) is 3.92. The van der Waals surface area contributed by atoms with Crippen molar-refractivity contribution in [2.45, 2.75) is 18.9 Å². The zero-order chi connectivity index (χ0) is 12.3. The third-order valence-corrected chi connectivity index (χ3v) is 2.67. The number of hydrogen-bond donors (Lipinski definition) is 3. The predicted molar refractivity (Wildman–Crippen MR) is 66.3 cm³/mol. The van der Waals surface area contributed by atoms with Crippen LogP contribution in [0, 0.1) is 0 Å². The zero-order valence-corrected chi connectivity index (χ0v) is 9.45. The summed E-state index contributed by atoms with van der Waals surface area (Å²) in [7, 11) is 0. The molecule has 0 saturated carbocycles. The first-order valence-electron chi connectivity index (χ1n) is 5.44. The number of rotatable bonds is 4. The molecule has 0 saturated heterocycles. The third kappa shape index (κ3) is 2.54. The van der Waals surface area contributed by atoms with Crippen molar-refractivity contribution in [3.63, 3.8) is 0 Å². The van der Waals surface area contributed by atoms with Crippen molar-refractivity contribution in [2.24, 2.45) is 5.73 Å². The van der Waals surface area contributed by atoms with Crippen LogP contribution < -0.4 is 17.3 Å². The van der Waals surface area contributed by atoms with Crippen LogP contribution in [0.1, 0.15) is 23.9 Å². The van der Waals surface area contributed by atoms with Gasteiger partial charge in [0.15, 0.2) is 5.82 Å². The van der Waals surface area contributed by atoms with Crippen LogP contribution in [-0.2, 0) is 6.42 Å². The molecular weight excluding hydrogens is 216 g/mol. The maximum absolute atomic E-state index is 6.00. The fraction of sp³-hybridized carbons (Fsp3) is 0.273. The smallest absolute Gasteiger partial charge is 0.240 e. The first-order chi connectivity index (χ1) is 8.18. The number of benzene rings is 1. The summed E-state index contributed by atoms with van der Waals surface area (Å²) in [6, 6.07) is 9.86. The van der Waals surface area contributed by atoms with Gasteiger partial charge in [0.25, 0.3) is 0 Å².